The number of halogens is 1. The minimum atomic E-state index is 0.126. The summed E-state index contributed by atoms with van der Waals surface area (Å²) in [6.07, 6.45) is 2.43. The van der Waals surface area contributed by atoms with Crippen LogP contribution >= 0.6 is 22.9 Å². The van der Waals surface area contributed by atoms with E-state index in [9.17, 15) is 0 Å². The van der Waals surface area contributed by atoms with Crippen molar-refractivity contribution in [1.82, 2.24) is 4.90 Å². The van der Waals surface area contributed by atoms with Crippen molar-refractivity contribution in [2.45, 2.75) is 45.7 Å². The van der Waals surface area contributed by atoms with Crippen molar-refractivity contribution >= 4 is 22.9 Å². The molecule has 0 aliphatic rings. The van der Waals surface area contributed by atoms with Crippen LogP contribution in [0, 0.1) is 0 Å². The molecular weight excluding hydrogens is 252 g/mol. The second-order valence-corrected chi connectivity index (χ2v) is 6.17. The van der Waals surface area contributed by atoms with Gasteiger partial charge in [-0.25, -0.2) is 0 Å². The molecule has 1 aromatic rings. The molecule has 4 heteroatoms. The number of likely N-dealkylation sites (N-methyl/N-ethyl adjacent to an activating group) is 1. The second-order valence-electron chi connectivity index (χ2n) is 4.43. The highest BCUT2D eigenvalue weighted by atomic mass is 35.5. The van der Waals surface area contributed by atoms with Gasteiger partial charge in [0.15, 0.2) is 0 Å². The van der Waals surface area contributed by atoms with Crippen LogP contribution in [0.25, 0.3) is 0 Å². The Hall–Kier alpha value is -0.0900. The summed E-state index contributed by atoms with van der Waals surface area (Å²) in [5.74, 6) is 0. The van der Waals surface area contributed by atoms with Crippen LogP contribution in [0.4, 0.5) is 0 Å². The van der Waals surface area contributed by atoms with Gasteiger partial charge in [-0.3, -0.25) is 4.90 Å². The van der Waals surface area contributed by atoms with Gasteiger partial charge in [0, 0.05) is 10.9 Å². The van der Waals surface area contributed by atoms with Gasteiger partial charge in [-0.15, -0.1) is 11.3 Å². The normalized spacial score (nSPS) is 15.2. The number of rotatable bonds is 7. The predicted molar refractivity (Wildman–Crippen MR) is 77.9 cm³/mol. The molecule has 0 radical (unpaired) electrons. The van der Waals surface area contributed by atoms with Crippen molar-refractivity contribution in [3.05, 3.63) is 21.3 Å². The molecule has 0 aliphatic heterocycles. The Morgan fingerprint density at radius 1 is 1.41 bits per heavy atom. The summed E-state index contributed by atoms with van der Waals surface area (Å²) < 4.78 is 0.845. The average molecular weight is 275 g/mol. The molecule has 2 nitrogen and oxygen atoms in total. The molecule has 0 fully saturated rings. The Morgan fingerprint density at radius 3 is 2.53 bits per heavy atom. The monoisotopic (exact) mass is 274 g/mol. The summed E-state index contributed by atoms with van der Waals surface area (Å²) in [4.78, 5) is 3.74. The van der Waals surface area contributed by atoms with Gasteiger partial charge in [-0.2, -0.15) is 0 Å². The van der Waals surface area contributed by atoms with Crippen LogP contribution in [-0.2, 0) is 0 Å². The van der Waals surface area contributed by atoms with Crippen LogP contribution in [0.5, 0.6) is 0 Å². The standard InChI is InChI=1S/C13H23ClN2S/c1-4-6-9-16(5-2)13(10(3)15)11-7-8-12(14)17-11/h7-8,10,13H,4-6,9,15H2,1-3H3. The van der Waals surface area contributed by atoms with E-state index in [0.29, 0.717) is 6.04 Å². The lowest BCUT2D eigenvalue weighted by Crippen LogP contribution is -2.39. The van der Waals surface area contributed by atoms with E-state index in [0.717, 1.165) is 17.4 Å². The van der Waals surface area contributed by atoms with Gasteiger partial charge >= 0.3 is 0 Å². The van der Waals surface area contributed by atoms with E-state index in [-0.39, 0.29) is 6.04 Å². The fourth-order valence-electron chi connectivity index (χ4n) is 2.11. The maximum atomic E-state index is 6.15. The Kier molecular flexibility index (Phi) is 6.49. The van der Waals surface area contributed by atoms with Gasteiger partial charge in [0.2, 0.25) is 0 Å². The van der Waals surface area contributed by atoms with Gasteiger partial charge in [0.05, 0.1) is 10.4 Å². The second kappa shape index (κ2) is 7.37. The zero-order valence-electron chi connectivity index (χ0n) is 10.9. The molecule has 0 saturated heterocycles. The van der Waals surface area contributed by atoms with Crippen LogP contribution in [0.15, 0.2) is 12.1 Å². The quantitative estimate of drug-likeness (QED) is 0.817. The molecule has 17 heavy (non-hydrogen) atoms. The molecule has 98 valence electrons. The van der Waals surface area contributed by atoms with Crippen molar-refractivity contribution in [3.8, 4) is 0 Å². The smallest absolute Gasteiger partial charge is 0.0931 e. The molecule has 0 aliphatic carbocycles. The molecule has 0 aromatic carbocycles. The first-order valence-electron chi connectivity index (χ1n) is 6.35. The maximum Gasteiger partial charge on any atom is 0.0931 e. The van der Waals surface area contributed by atoms with Crippen LogP contribution in [-0.4, -0.2) is 24.0 Å². The summed E-state index contributed by atoms with van der Waals surface area (Å²) in [6, 6.07) is 4.49. The summed E-state index contributed by atoms with van der Waals surface area (Å²) in [6.45, 7) is 8.63. The molecular formula is C13H23ClN2S. The number of nitrogens with two attached hydrogens (primary N) is 1. The molecule has 2 N–H and O–H groups in total. The highest BCUT2D eigenvalue weighted by Crippen LogP contribution is 2.32. The first-order valence-corrected chi connectivity index (χ1v) is 7.54. The highest BCUT2D eigenvalue weighted by molar-refractivity contribution is 7.16. The largest absolute Gasteiger partial charge is 0.326 e. The Morgan fingerprint density at radius 2 is 2.12 bits per heavy atom. The summed E-state index contributed by atoms with van der Waals surface area (Å²) in [5, 5.41) is 0. The molecule has 1 heterocycles. The first-order chi connectivity index (χ1) is 8.10. The van der Waals surface area contributed by atoms with Crippen molar-refractivity contribution < 1.29 is 0 Å². The first kappa shape index (κ1) is 15.0. The number of nitrogens with zero attached hydrogens (tertiary/aromatic N) is 1. The van der Waals surface area contributed by atoms with E-state index >= 15 is 0 Å². The fourth-order valence-corrected chi connectivity index (χ4v) is 3.43. The van der Waals surface area contributed by atoms with Crippen molar-refractivity contribution in [3.63, 3.8) is 0 Å². The van der Waals surface area contributed by atoms with Crippen LogP contribution in [0.2, 0.25) is 4.34 Å². The van der Waals surface area contributed by atoms with Crippen molar-refractivity contribution in [1.29, 1.82) is 0 Å². The molecule has 2 atom stereocenters. The van der Waals surface area contributed by atoms with Gasteiger partial charge in [-0.1, -0.05) is 31.9 Å². The van der Waals surface area contributed by atoms with Crippen LogP contribution in [0.3, 0.4) is 0 Å². The van der Waals surface area contributed by atoms with E-state index in [1.807, 2.05) is 6.07 Å². The van der Waals surface area contributed by atoms with Crippen LogP contribution in [0.1, 0.15) is 44.5 Å². The molecule has 2 unspecified atom stereocenters. The third kappa shape index (κ3) is 4.25. The number of unbranched alkanes of at least 4 members (excludes halogenated alkanes) is 1. The van der Waals surface area contributed by atoms with Crippen LogP contribution < -0.4 is 5.73 Å². The third-order valence-electron chi connectivity index (χ3n) is 2.98. The minimum absolute atomic E-state index is 0.126. The van der Waals surface area contributed by atoms with Crippen molar-refractivity contribution in [2.75, 3.05) is 13.1 Å². The zero-order valence-corrected chi connectivity index (χ0v) is 12.5. The Labute approximate surface area is 114 Å². The Bertz CT molecular complexity index is 325. The molecule has 0 amide bonds. The summed E-state index contributed by atoms with van der Waals surface area (Å²) in [5.41, 5.74) is 6.15. The predicted octanol–water partition coefficient (Wildman–Crippen LogP) is 3.91. The lowest BCUT2D eigenvalue weighted by atomic mass is 10.1. The average Bonchev–Trinajstić information content (AvgIpc) is 2.69. The Balaban J connectivity index is 2.83. The highest BCUT2D eigenvalue weighted by Gasteiger charge is 2.23. The number of hydrogen-bond donors (Lipinski definition) is 1. The molecule has 1 rings (SSSR count). The molecule has 1 aromatic heterocycles. The SMILES string of the molecule is CCCCN(CC)C(c1ccc(Cl)s1)C(C)N. The van der Waals surface area contributed by atoms with E-state index in [4.69, 9.17) is 17.3 Å². The lowest BCUT2D eigenvalue weighted by Gasteiger charge is -2.32. The van der Waals surface area contributed by atoms with Gasteiger partial charge in [-0.05, 0) is 38.6 Å². The topological polar surface area (TPSA) is 29.3 Å². The van der Waals surface area contributed by atoms with E-state index < -0.39 is 0 Å². The maximum absolute atomic E-state index is 6.15. The summed E-state index contributed by atoms with van der Waals surface area (Å²) >= 11 is 7.67. The van der Waals surface area contributed by atoms with Gasteiger partial charge in [0.25, 0.3) is 0 Å². The number of thiophene rings is 1. The molecule has 0 bridgehead atoms. The minimum Gasteiger partial charge on any atom is -0.326 e. The van der Waals surface area contributed by atoms with E-state index in [1.54, 1.807) is 11.3 Å². The molecule has 0 spiro atoms. The van der Waals surface area contributed by atoms with Gasteiger partial charge in [0.1, 0.15) is 0 Å². The van der Waals surface area contributed by atoms with E-state index in [1.165, 1.54) is 17.7 Å². The zero-order chi connectivity index (χ0) is 12.8. The molecule has 0 saturated carbocycles. The van der Waals surface area contributed by atoms with Gasteiger partial charge < -0.3 is 5.73 Å². The number of hydrogen-bond acceptors (Lipinski definition) is 3. The third-order valence-corrected chi connectivity index (χ3v) is 4.28. The lowest BCUT2D eigenvalue weighted by molar-refractivity contribution is 0.186. The van der Waals surface area contributed by atoms with E-state index in [2.05, 4.69) is 31.7 Å². The van der Waals surface area contributed by atoms with Crippen molar-refractivity contribution in [2.24, 2.45) is 5.73 Å². The fraction of sp³-hybridized carbons (Fsp3) is 0.692. The summed E-state index contributed by atoms with van der Waals surface area (Å²) in [7, 11) is 0.